The zero-order valence-electron chi connectivity index (χ0n) is 14.5. The highest BCUT2D eigenvalue weighted by Gasteiger charge is 2.51. The molecule has 0 saturated carbocycles. The third-order valence-electron chi connectivity index (χ3n) is 4.39. The summed E-state index contributed by atoms with van der Waals surface area (Å²) in [6, 6.07) is 13.2. The average molecular weight is 353 g/mol. The Balaban J connectivity index is 1.88. The topological polar surface area (TPSA) is 91.2 Å². The Morgan fingerprint density at radius 3 is 2.58 bits per heavy atom. The SMILES string of the molecule is CC[C@@]1(c2ccccc2)NC(=O)N(/N=C\c2ccc(OC)c(O)c2)C1=O. The number of imide groups is 1. The number of ether oxygens (including phenoxy) is 1. The normalized spacial score (nSPS) is 19.8. The van der Waals surface area contributed by atoms with Crippen molar-refractivity contribution in [2.75, 3.05) is 7.11 Å². The van der Waals surface area contributed by atoms with Gasteiger partial charge in [0.1, 0.15) is 5.54 Å². The molecule has 1 atom stereocenters. The van der Waals surface area contributed by atoms with Gasteiger partial charge < -0.3 is 15.2 Å². The van der Waals surface area contributed by atoms with E-state index in [1.165, 1.54) is 19.4 Å². The first-order chi connectivity index (χ1) is 12.5. The van der Waals surface area contributed by atoms with Crippen LogP contribution in [0.15, 0.2) is 53.6 Å². The molecule has 0 spiro atoms. The number of hydrazone groups is 1. The maximum Gasteiger partial charge on any atom is 0.346 e. The van der Waals surface area contributed by atoms with Gasteiger partial charge >= 0.3 is 6.03 Å². The standard InChI is InChI=1S/C19H19N3O4/c1-3-19(14-7-5-4-6-8-14)17(24)22(18(25)21-19)20-12-13-9-10-16(26-2)15(23)11-13/h4-12,23H,3H2,1-2H3,(H,21,25)/b20-12-/t19-/m0/s1. The molecular formula is C19H19N3O4. The highest BCUT2D eigenvalue weighted by atomic mass is 16.5. The van der Waals surface area contributed by atoms with E-state index in [9.17, 15) is 14.7 Å². The van der Waals surface area contributed by atoms with Crippen molar-refractivity contribution in [3.63, 3.8) is 0 Å². The van der Waals surface area contributed by atoms with Crippen molar-refractivity contribution in [3.05, 3.63) is 59.7 Å². The molecule has 3 amide bonds. The summed E-state index contributed by atoms with van der Waals surface area (Å²) in [6.45, 7) is 1.83. The Labute approximate surface area is 150 Å². The van der Waals surface area contributed by atoms with Gasteiger partial charge in [-0.1, -0.05) is 37.3 Å². The Bertz CT molecular complexity index is 866. The van der Waals surface area contributed by atoms with Crippen molar-refractivity contribution in [1.82, 2.24) is 10.3 Å². The molecule has 1 saturated heterocycles. The summed E-state index contributed by atoms with van der Waals surface area (Å²) in [5, 5.41) is 17.4. The van der Waals surface area contributed by atoms with Crippen molar-refractivity contribution in [2.45, 2.75) is 18.9 Å². The van der Waals surface area contributed by atoms with Crippen LogP contribution < -0.4 is 10.1 Å². The van der Waals surface area contributed by atoms with E-state index in [1.54, 1.807) is 24.3 Å². The Morgan fingerprint density at radius 1 is 1.23 bits per heavy atom. The lowest BCUT2D eigenvalue weighted by Crippen LogP contribution is -2.43. The van der Waals surface area contributed by atoms with E-state index in [4.69, 9.17) is 4.74 Å². The second kappa shape index (κ2) is 6.87. The van der Waals surface area contributed by atoms with Crippen LogP contribution in [0.2, 0.25) is 0 Å². The molecule has 0 radical (unpaired) electrons. The maximum absolute atomic E-state index is 12.9. The number of urea groups is 1. The van der Waals surface area contributed by atoms with Crippen LogP contribution in [-0.4, -0.2) is 35.4 Å². The number of nitrogens with zero attached hydrogens (tertiary/aromatic N) is 2. The molecule has 0 aliphatic carbocycles. The maximum atomic E-state index is 12.9. The molecule has 134 valence electrons. The smallest absolute Gasteiger partial charge is 0.346 e. The summed E-state index contributed by atoms with van der Waals surface area (Å²) in [5.74, 6) is -0.169. The molecule has 1 aliphatic rings. The number of carbonyl (C=O) groups is 2. The van der Waals surface area contributed by atoms with E-state index in [2.05, 4.69) is 10.4 Å². The molecule has 1 fully saturated rings. The molecule has 2 aromatic rings. The van der Waals surface area contributed by atoms with Crippen LogP contribution >= 0.6 is 0 Å². The first-order valence-corrected chi connectivity index (χ1v) is 8.15. The fraction of sp³-hybridized carbons (Fsp3) is 0.211. The second-order valence-corrected chi connectivity index (χ2v) is 5.85. The van der Waals surface area contributed by atoms with Gasteiger partial charge in [0.15, 0.2) is 11.5 Å². The third-order valence-corrected chi connectivity index (χ3v) is 4.39. The van der Waals surface area contributed by atoms with Gasteiger partial charge in [-0.3, -0.25) is 4.79 Å². The highest BCUT2D eigenvalue weighted by Crippen LogP contribution is 2.32. The Kier molecular flexibility index (Phi) is 4.62. The minimum atomic E-state index is -1.13. The highest BCUT2D eigenvalue weighted by molar-refractivity contribution is 6.07. The summed E-state index contributed by atoms with van der Waals surface area (Å²) >= 11 is 0. The lowest BCUT2D eigenvalue weighted by molar-refractivity contribution is -0.131. The number of phenols is 1. The lowest BCUT2D eigenvalue weighted by atomic mass is 9.87. The molecule has 0 aromatic heterocycles. The minimum absolute atomic E-state index is 0.0548. The molecule has 3 rings (SSSR count). The number of methoxy groups -OCH3 is 1. The van der Waals surface area contributed by atoms with E-state index in [0.29, 0.717) is 23.3 Å². The largest absolute Gasteiger partial charge is 0.504 e. The molecule has 1 aliphatic heterocycles. The second-order valence-electron chi connectivity index (χ2n) is 5.85. The molecule has 0 bridgehead atoms. The molecular weight excluding hydrogens is 334 g/mol. The number of aromatic hydroxyl groups is 1. The molecule has 2 N–H and O–H groups in total. The van der Waals surface area contributed by atoms with Crippen LogP contribution in [-0.2, 0) is 10.3 Å². The first kappa shape index (κ1) is 17.5. The van der Waals surface area contributed by atoms with Crippen LogP contribution in [0.25, 0.3) is 0 Å². The van der Waals surface area contributed by atoms with Crippen molar-refractivity contribution in [3.8, 4) is 11.5 Å². The summed E-state index contributed by atoms with van der Waals surface area (Å²) in [5.41, 5.74) is 0.107. The number of hydrogen-bond acceptors (Lipinski definition) is 5. The van der Waals surface area contributed by atoms with Crippen molar-refractivity contribution >= 4 is 18.2 Å². The molecule has 0 unspecified atom stereocenters. The number of amides is 3. The minimum Gasteiger partial charge on any atom is -0.504 e. The monoisotopic (exact) mass is 353 g/mol. The number of carbonyl (C=O) groups excluding carboxylic acids is 2. The predicted octanol–water partition coefficient (Wildman–Crippen LogP) is 2.59. The Hall–Kier alpha value is -3.35. The van der Waals surface area contributed by atoms with Gasteiger partial charge in [-0.05, 0) is 35.7 Å². The number of hydrogen-bond donors (Lipinski definition) is 2. The van der Waals surface area contributed by atoms with Gasteiger partial charge in [0.25, 0.3) is 5.91 Å². The van der Waals surface area contributed by atoms with E-state index >= 15 is 0 Å². The third kappa shape index (κ3) is 2.88. The lowest BCUT2D eigenvalue weighted by Gasteiger charge is -2.24. The quantitative estimate of drug-likeness (QED) is 0.638. The van der Waals surface area contributed by atoms with Gasteiger partial charge in [0.05, 0.1) is 13.3 Å². The number of nitrogens with one attached hydrogen (secondary N) is 1. The van der Waals surface area contributed by atoms with Gasteiger partial charge in [0, 0.05) is 0 Å². The molecule has 1 heterocycles. The van der Waals surface area contributed by atoms with Gasteiger partial charge in [-0.15, -0.1) is 5.01 Å². The predicted molar refractivity (Wildman–Crippen MR) is 96.0 cm³/mol. The number of benzene rings is 2. The summed E-state index contributed by atoms with van der Waals surface area (Å²) < 4.78 is 4.98. The van der Waals surface area contributed by atoms with Crippen LogP contribution in [0.3, 0.4) is 0 Å². The average Bonchev–Trinajstić information content (AvgIpc) is 2.91. The van der Waals surface area contributed by atoms with E-state index in [0.717, 1.165) is 5.01 Å². The molecule has 2 aromatic carbocycles. The fourth-order valence-corrected chi connectivity index (χ4v) is 2.94. The van der Waals surface area contributed by atoms with E-state index in [-0.39, 0.29) is 5.75 Å². The summed E-state index contributed by atoms with van der Waals surface area (Å²) in [6.07, 6.45) is 1.74. The molecule has 7 nitrogen and oxygen atoms in total. The van der Waals surface area contributed by atoms with Crippen LogP contribution in [0.5, 0.6) is 11.5 Å². The van der Waals surface area contributed by atoms with E-state index < -0.39 is 17.5 Å². The van der Waals surface area contributed by atoms with Crippen molar-refractivity contribution in [2.24, 2.45) is 5.10 Å². The van der Waals surface area contributed by atoms with Gasteiger partial charge in [-0.2, -0.15) is 5.10 Å². The van der Waals surface area contributed by atoms with E-state index in [1.807, 2.05) is 25.1 Å². The summed E-state index contributed by atoms with van der Waals surface area (Å²) in [7, 11) is 1.45. The van der Waals surface area contributed by atoms with Gasteiger partial charge in [-0.25, -0.2) is 4.79 Å². The summed E-state index contributed by atoms with van der Waals surface area (Å²) in [4.78, 5) is 25.2. The number of rotatable bonds is 5. The van der Waals surface area contributed by atoms with Crippen LogP contribution in [0, 0.1) is 0 Å². The molecule has 26 heavy (non-hydrogen) atoms. The van der Waals surface area contributed by atoms with Crippen molar-refractivity contribution in [1.29, 1.82) is 0 Å². The number of phenolic OH excluding ortho intramolecular Hbond substituents is 1. The Morgan fingerprint density at radius 2 is 1.96 bits per heavy atom. The first-order valence-electron chi connectivity index (χ1n) is 8.15. The van der Waals surface area contributed by atoms with Gasteiger partial charge in [0.2, 0.25) is 0 Å². The van der Waals surface area contributed by atoms with Crippen LogP contribution in [0.1, 0.15) is 24.5 Å². The van der Waals surface area contributed by atoms with Crippen LogP contribution in [0.4, 0.5) is 4.79 Å². The van der Waals surface area contributed by atoms with Crippen molar-refractivity contribution < 1.29 is 19.4 Å². The molecule has 7 heteroatoms. The fourth-order valence-electron chi connectivity index (χ4n) is 2.94. The zero-order chi connectivity index (χ0) is 18.7. The zero-order valence-corrected chi connectivity index (χ0v) is 14.5.